The highest BCUT2D eigenvalue weighted by Crippen LogP contribution is 2.10. The summed E-state index contributed by atoms with van der Waals surface area (Å²) in [7, 11) is 0. The van der Waals surface area contributed by atoms with Crippen molar-refractivity contribution in [3.63, 3.8) is 0 Å². The first kappa shape index (κ1) is 13.2. The van der Waals surface area contributed by atoms with Gasteiger partial charge in [-0.2, -0.15) is 0 Å². The van der Waals surface area contributed by atoms with Gasteiger partial charge in [-0.15, -0.1) is 0 Å². The number of phenols is 1. The number of carboxylic acid groups (broad SMARTS) is 1. The van der Waals surface area contributed by atoms with Crippen LogP contribution >= 0.6 is 0 Å². The average molecular weight is 235 g/mol. The molecule has 0 heterocycles. The van der Waals surface area contributed by atoms with E-state index in [1.54, 1.807) is 24.3 Å². The molecule has 0 unspecified atom stereocenters. The molecule has 0 bridgehead atoms. The van der Waals surface area contributed by atoms with Gasteiger partial charge in [0.25, 0.3) is 0 Å². The van der Waals surface area contributed by atoms with Crippen molar-refractivity contribution in [1.82, 2.24) is 0 Å². The molecule has 17 heavy (non-hydrogen) atoms. The first-order valence-corrected chi connectivity index (χ1v) is 5.54. The lowest BCUT2D eigenvalue weighted by Gasteiger charge is -2.09. The van der Waals surface area contributed by atoms with Crippen molar-refractivity contribution in [2.24, 2.45) is 10.9 Å². The largest absolute Gasteiger partial charge is 0.508 e. The molecule has 1 aromatic rings. The number of carboxylic acids is 1. The Balaban J connectivity index is 2.72. The topological polar surface area (TPSA) is 69.9 Å². The highest BCUT2D eigenvalue weighted by Gasteiger charge is 2.16. The SMILES string of the molecule is CC(C)C[C@H](N=Cc1ccc(O)cc1)C(=O)O. The number of aliphatic imine (C=N–C) groups is 1. The first-order chi connectivity index (χ1) is 7.99. The molecule has 0 spiro atoms. The maximum absolute atomic E-state index is 11.0. The van der Waals surface area contributed by atoms with Gasteiger partial charge in [0.05, 0.1) is 0 Å². The number of carbonyl (C=O) groups is 1. The summed E-state index contributed by atoms with van der Waals surface area (Å²) in [5, 5.41) is 18.1. The summed E-state index contributed by atoms with van der Waals surface area (Å²) >= 11 is 0. The summed E-state index contributed by atoms with van der Waals surface area (Å²) in [6.45, 7) is 3.93. The number of benzene rings is 1. The van der Waals surface area contributed by atoms with Crippen molar-refractivity contribution in [1.29, 1.82) is 0 Å². The van der Waals surface area contributed by atoms with Crippen LogP contribution in [0, 0.1) is 5.92 Å². The summed E-state index contributed by atoms with van der Waals surface area (Å²) in [6.07, 6.45) is 2.05. The Kier molecular flexibility index (Phi) is 4.69. The predicted octanol–water partition coefficient (Wildman–Crippen LogP) is 2.31. The van der Waals surface area contributed by atoms with E-state index < -0.39 is 12.0 Å². The van der Waals surface area contributed by atoms with Gasteiger partial charge in [-0.3, -0.25) is 4.99 Å². The van der Waals surface area contributed by atoms with Crippen LogP contribution in [0.3, 0.4) is 0 Å². The predicted molar refractivity (Wildman–Crippen MR) is 66.6 cm³/mol. The van der Waals surface area contributed by atoms with E-state index in [0.29, 0.717) is 6.42 Å². The lowest BCUT2D eigenvalue weighted by Crippen LogP contribution is -2.20. The summed E-state index contributed by atoms with van der Waals surface area (Å²) in [6, 6.07) is 5.75. The van der Waals surface area contributed by atoms with Gasteiger partial charge < -0.3 is 10.2 Å². The standard InChI is InChI=1S/C13H17NO3/c1-9(2)7-12(13(16)17)14-8-10-3-5-11(15)6-4-10/h3-6,8-9,12,15H,7H2,1-2H3,(H,16,17)/t12-/m0/s1. The second-order valence-electron chi connectivity index (χ2n) is 4.35. The minimum Gasteiger partial charge on any atom is -0.508 e. The van der Waals surface area contributed by atoms with E-state index in [1.807, 2.05) is 13.8 Å². The Bertz CT molecular complexity index is 396. The summed E-state index contributed by atoms with van der Waals surface area (Å²) < 4.78 is 0. The minimum absolute atomic E-state index is 0.180. The van der Waals surface area contributed by atoms with Crippen molar-refractivity contribution in [2.75, 3.05) is 0 Å². The first-order valence-electron chi connectivity index (χ1n) is 5.54. The van der Waals surface area contributed by atoms with Gasteiger partial charge in [-0.05, 0) is 42.2 Å². The maximum atomic E-state index is 11.0. The second kappa shape index (κ2) is 6.03. The van der Waals surface area contributed by atoms with Crippen molar-refractivity contribution < 1.29 is 15.0 Å². The van der Waals surface area contributed by atoms with E-state index >= 15 is 0 Å². The molecule has 0 amide bonds. The lowest BCUT2D eigenvalue weighted by molar-refractivity contribution is -0.138. The monoisotopic (exact) mass is 235 g/mol. The van der Waals surface area contributed by atoms with Crippen LogP contribution in [0.25, 0.3) is 0 Å². The van der Waals surface area contributed by atoms with Gasteiger partial charge in [-0.25, -0.2) is 4.79 Å². The fourth-order valence-corrected chi connectivity index (χ4v) is 1.41. The Hall–Kier alpha value is -1.84. The molecule has 1 rings (SSSR count). The zero-order valence-corrected chi connectivity index (χ0v) is 10.00. The van der Waals surface area contributed by atoms with E-state index in [1.165, 1.54) is 6.21 Å². The molecule has 1 atom stereocenters. The Labute approximate surface area is 101 Å². The number of nitrogens with zero attached hydrogens (tertiary/aromatic N) is 1. The highest BCUT2D eigenvalue weighted by molar-refractivity contribution is 5.83. The van der Waals surface area contributed by atoms with Crippen LogP contribution in [-0.2, 0) is 4.79 Å². The van der Waals surface area contributed by atoms with Crippen LogP contribution in [0.2, 0.25) is 0 Å². The fourth-order valence-electron chi connectivity index (χ4n) is 1.41. The minimum atomic E-state index is -0.909. The maximum Gasteiger partial charge on any atom is 0.328 e. The fraction of sp³-hybridized carbons (Fsp3) is 0.385. The molecule has 0 aromatic heterocycles. The van der Waals surface area contributed by atoms with Gasteiger partial charge in [0.15, 0.2) is 0 Å². The molecule has 92 valence electrons. The highest BCUT2D eigenvalue weighted by atomic mass is 16.4. The normalized spacial score (nSPS) is 13.1. The summed E-state index contributed by atoms with van der Waals surface area (Å²) in [5.41, 5.74) is 0.776. The quantitative estimate of drug-likeness (QED) is 0.769. The van der Waals surface area contributed by atoms with Gasteiger partial charge >= 0.3 is 5.97 Å². The third-order valence-electron chi connectivity index (χ3n) is 2.28. The molecule has 4 nitrogen and oxygen atoms in total. The van der Waals surface area contributed by atoms with Crippen LogP contribution in [0.1, 0.15) is 25.8 Å². The van der Waals surface area contributed by atoms with E-state index in [9.17, 15) is 4.79 Å². The van der Waals surface area contributed by atoms with Crippen molar-refractivity contribution in [2.45, 2.75) is 26.3 Å². The van der Waals surface area contributed by atoms with Crippen molar-refractivity contribution in [3.8, 4) is 5.75 Å². The number of aliphatic carboxylic acids is 1. The molecular weight excluding hydrogens is 218 g/mol. The number of aromatic hydroxyl groups is 1. The lowest BCUT2D eigenvalue weighted by atomic mass is 10.0. The smallest absolute Gasteiger partial charge is 0.328 e. The van der Waals surface area contributed by atoms with Crippen LogP contribution in [0.4, 0.5) is 0 Å². The molecular formula is C13H17NO3. The van der Waals surface area contributed by atoms with Gasteiger partial charge in [0.1, 0.15) is 11.8 Å². The molecule has 0 aliphatic heterocycles. The third kappa shape index (κ3) is 4.68. The summed E-state index contributed by atoms with van der Waals surface area (Å²) in [5.74, 6) is -0.444. The molecule has 0 fully saturated rings. The Morgan fingerprint density at radius 3 is 2.41 bits per heavy atom. The molecule has 4 heteroatoms. The van der Waals surface area contributed by atoms with E-state index in [0.717, 1.165) is 5.56 Å². The number of rotatable bonds is 5. The third-order valence-corrected chi connectivity index (χ3v) is 2.28. The zero-order valence-electron chi connectivity index (χ0n) is 10.00. The molecule has 0 aliphatic carbocycles. The number of hydrogen-bond acceptors (Lipinski definition) is 3. The van der Waals surface area contributed by atoms with E-state index in [4.69, 9.17) is 10.2 Å². The van der Waals surface area contributed by atoms with Crippen LogP contribution in [-0.4, -0.2) is 28.4 Å². The van der Waals surface area contributed by atoms with Gasteiger partial charge in [-0.1, -0.05) is 13.8 Å². The molecule has 0 aliphatic rings. The molecule has 0 saturated heterocycles. The van der Waals surface area contributed by atoms with Gasteiger partial charge in [0.2, 0.25) is 0 Å². The van der Waals surface area contributed by atoms with Crippen molar-refractivity contribution in [3.05, 3.63) is 29.8 Å². The zero-order chi connectivity index (χ0) is 12.8. The van der Waals surface area contributed by atoms with Crippen LogP contribution in [0.15, 0.2) is 29.3 Å². The molecule has 1 aromatic carbocycles. The van der Waals surface area contributed by atoms with Gasteiger partial charge in [0, 0.05) is 6.21 Å². The van der Waals surface area contributed by atoms with Crippen LogP contribution in [0.5, 0.6) is 5.75 Å². The summed E-state index contributed by atoms with van der Waals surface area (Å²) in [4.78, 5) is 15.0. The molecule has 2 N–H and O–H groups in total. The van der Waals surface area contributed by atoms with Crippen LogP contribution < -0.4 is 0 Å². The van der Waals surface area contributed by atoms with E-state index in [-0.39, 0.29) is 11.7 Å². The average Bonchev–Trinajstić information content (AvgIpc) is 2.25. The number of phenolic OH excluding ortho intramolecular Hbond substituents is 1. The van der Waals surface area contributed by atoms with Crippen molar-refractivity contribution >= 4 is 12.2 Å². The molecule has 0 radical (unpaired) electrons. The second-order valence-corrected chi connectivity index (χ2v) is 4.35. The Morgan fingerprint density at radius 1 is 1.35 bits per heavy atom. The molecule has 0 saturated carbocycles. The number of hydrogen-bond donors (Lipinski definition) is 2. The van der Waals surface area contributed by atoms with E-state index in [2.05, 4.69) is 4.99 Å². The Morgan fingerprint density at radius 2 is 1.94 bits per heavy atom.